The standard InChI is InChI=1S/C20H19Cl2N3O2/c21-14-4-6-16(7-5-14)25-19(26)13-18(20(25)27)24-10-8-23(9-11-24)17-3-1-2-15(22)12-17/h1-7,12,18H,8-11,13H2. The fraction of sp³-hybridized carbons (Fsp3) is 0.300. The molecular formula is C20H19Cl2N3O2. The quantitative estimate of drug-likeness (QED) is 0.736. The van der Waals surface area contributed by atoms with Crippen LogP contribution >= 0.6 is 23.2 Å². The van der Waals surface area contributed by atoms with E-state index in [-0.39, 0.29) is 18.2 Å². The van der Waals surface area contributed by atoms with Gasteiger partial charge in [-0.25, -0.2) is 4.90 Å². The van der Waals surface area contributed by atoms with Crippen molar-refractivity contribution in [2.75, 3.05) is 36.0 Å². The lowest BCUT2D eigenvalue weighted by Gasteiger charge is -2.38. The van der Waals surface area contributed by atoms with E-state index < -0.39 is 6.04 Å². The predicted octanol–water partition coefficient (Wildman–Crippen LogP) is 3.45. The Bertz CT molecular complexity index is 864. The SMILES string of the molecule is O=C1CC(N2CCN(c3cccc(Cl)c3)CC2)C(=O)N1c1ccc(Cl)cc1. The monoisotopic (exact) mass is 403 g/mol. The zero-order valence-electron chi connectivity index (χ0n) is 14.6. The molecule has 2 fully saturated rings. The molecule has 5 nitrogen and oxygen atoms in total. The number of hydrogen-bond donors (Lipinski definition) is 0. The van der Waals surface area contributed by atoms with Crippen LogP contribution in [0.15, 0.2) is 48.5 Å². The van der Waals surface area contributed by atoms with Crippen LogP contribution in [-0.2, 0) is 9.59 Å². The maximum atomic E-state index is 12.9. The maximum absolute atomic E-state index is 12.9. The Labute approximate surface area is 168 Å². The van der Waals surface area contributed by atoms with E-state index in [0.717, 1.165) is 31.9 Å². The molecule has 0 bridgehead atoms. The van der Waals surface area contributed by atoms with E-state index in [2.05, 4.69) is 9.80 Å². The van der Waals surface area contributed by atoms with Crippen molar-refractivity contribution in [3.8, 4) is 0 Å². The van der Waals surface area contributed by atoms with Crippen LogP contribution in [0.25, 0.3) is 0 Å². The highest BCUT2D eigenvalue weighted by Crippen LogP contribution is 2.28. The van der Waals surface area contributed by atoms with Gasteiger partial charge in [-0.1, -0.05) is 29.3 Å². The molecule has 2 aliphatic heterocycles. The van der Waals surface area contributed by atoms with Gasteiger partial charge < -0.3 is 4.90 Å². The number of imide groups is 1. The summed E-state index contributed by atoms with van der Waals surface area (Å²) in [4.78, 5) is 31.0. The Morgan fingerprint density at radius 2 is 1.52 bits per heavy atom. The van der Waals surface area contributed by atoms with Crippen molar-refractivity contribution in [2.24, 2.45) is 0 Å². The van der Waals surface area contributed by atoms with Gasteiger partial charge in [-0.2, -0.15) is 0 Å². The predicted molar refractivity (Wildman–Crippen MR) is 108 cm³/mol. The Morgan fingerprint density at radius 1 is 0.815 bits per heavy atom. The Kier molecular flexibility index (Phi) is 5.08. The van der Waals surface area contributed by atoms with Gasteiger partial charge in [0, 0.05) is 41.9 Å². The molecule has 2 heterocycles. The maximum Gasteiger partial charge on any atom is 0.251 e. The van der Waals surface area contributed by atoms with Crippen LogP contribution in [-0.4, -0.2) is 48.9 Å². The molecule has 2 saturated heterocycles. The molecule has 7 heteroatoms. The summed E-state index contributed by atoms with van der Waals surface area (Å²) in [5.74, 6) is -0.317. The highest BCUT2D eigenvalue weighted by atomic mass is 35.5. The smallest absolute Gasteiger partial charge is 0.251 e. The first kappa shape index (κ1) is 18.3. The molecule has 0 radical (unpaired) electrons. The van der Waals surface area contributed by atoms with E-state index in [1.54, 1.807) is 24.3 Å². The van der Waals surface area contributed by atoms with Gasteiger partial charge in [-0.15, -0.1) is 0 Å². The van der Waals surface area contributed by atoms with E-state index in [4.69, 9.17) is 23.2 Å². The van der Waals surface area contributed by atoms with Gasteiger partial charge in [-0.3, -0.25) is 14.5 Å². The van der Waals surface area contributed by atoms with Crippen LogP contribution in [0.3, 0.4) is 0 Å². The van der Waals surface area contributed by atoms with Crippen LogP contribution in [0.4, 0.5) is 11.4 Å². The van der Waals surface area contributed by atoms with Gasteiger partial charge in [0.15, 0.2) is 0 Å². The summed E-state index contributed by atoms with van der Waals surface area (Å²) in [5, 5.41) is 1.29. The number of benzene rings is 2. The molecule has 2 aromatic carbocycles. The van der Waals surface area contributed by atoms with E-state index in [1.807, 2.05) is 24.3 Å². The molecule has 0 spiro atoms. The number of carbonyl (C=O) groups excluding carboxylic acids is 2. The summed E-state index contributed by atoms with van der Waals surface area (Å²) >= 11 is 12.0. The van der Waals surface area contributed by atoms with Crippen molar-refractivity contribution < 1.29 is 9.59 Å². The highest BCUT2D eigenvalue weighted by molar-refractivity contribution is 6.31. The number of rotatable bonds is 3. The lowest BCUT2D eigenvalue weighted by Crippen LogP contribution is -2.52. The van der Waals surface area contributed by atoms with Gasteiger partial charge in [0.25, 0.3) is 5.91 Å². The molecule has 1 unspecified atom stereocenters. The number of hydrogen-bond acceptors (Lipinski definition) is 4. The highest BCUT2D eigenvalue weighted by Gasteiger charge is 2.43. The van der Waals surface area contributed by atoms with E-state index in [0.29, 0.717) is 15.7 Å². The molecule has 140 valence electrons. The number of halogens is 2. The molecule has 0 aliphatic carbocycles. The fourth-order valence-corrected chi connectivity index (χ4v) is 4.04. The summed E-state index contributed by atoms with van der Waals surface area (Å²) in [7, 11) is 0. The Morgan fingerprint density at radius 3 is 2.19 bits per heavy atom. The molecular weight excluding hydrogens is 385 g/mol. The van der Waals surface area contributed by atoms with Gasteiger partial charge in [0.1, 0.15) is 0 Å². The summed E-state index contributed by atoms with van der Waals surface area (Å²) in [5.41, 5.74) is 1.66. The third-order valence-electron chi connectivity index (χ3n) is 5.14. The minimum absolute atomic E-state index is 0.154. The van der Waals surface area contributed by atoms with Gasteiger partial charge in [0.2, 0.25) is 5.91 Å². The van der Waals surface area contributed by atoms with Crippen LogP contribution in [0.2, 0.25) is 10.0 Å². The van der Waals surface area contributed by atoms with Crippen molar-refractivity contribution in [1.82, 2.24) is 4.90 Å². The third-order valence-corrected chi connectivity index (χ3v) is 5.62. The van der Waals surface area contributed by atoms with Crippen LogP contribution in [0, 0.1) is 0 Å². The van der Waals surface area contributed by atoms with Gasteiger partial charge in [-0.05, 0) is 42.5 Å². The Balaban J connectivity index is 1.43. The number of nitrogens with zero attached hydrogens (tertiary/aromatic N) is 3. The third kappa shape index (κ3) is 3.68. The average molecular weight is 404 g/mol. The van der Waals surface area contributed by atoms with Crippen molar-refractivity contribution in [2.45, 2.75) is 12.5 Å². The summed E-state index contributed by atoms with van der Waals surface area (Å²) in [6, 6.07) is 14.2. The second-order valence-electron chi connectivity index (χ2n) is 6.77. The van der Waals surface area contributed by atoms with Crippen LogP contribution < -0.4 is 9.80 Å². The van der Waals surface area contributed by atoms with E-state index >= 15 is 0 Å². The van der Waals surface area contributed by atoms with E-state index in [1.165, 1.54) is 4.90 Å². The first-order valence-electron chi connectivity index (χ1n) is 8.90. The number of piperazine rings is 1. The zero-order chi connectivity index (χ0) is 19.0. The van der Waals surface area contributed by atoms with Gasteiger partial charge >= 0.3 is 0 Å². The van der Waals surface area contributed by atoms with Crippen LogP contribution in [0.1, 0.15) is 6.42 Å². The van der Waals surface area contributed by atoms with Crippen molar-refractivity contribution >= 4 is 46.4 Å². The Hall–Kier alpha value is -2.08. The molecule has 2 amide bonds. The van der Waals surface area contributed by atoms with E-state index in [9.17, 15) is 9.59 Å². The summed E-state index contributed by atoms with van der Waals surface area (Å²) < 4.78 is 0. The van der Waals surface area contributed by atoms with Crippen LogP contribution in [0.5, 0.6) is 0 Å². The normalized spacial score (nSPS) is 21.2. The second-order valence-corrected chi connectivity index (χ2v) is 7.64. The molecule has 2 aliphatic rings. The molecule has 0 N–H and O–H groups in total. The number of amides is 2. The first-order chi connectivity index (χ1) is 13.0. The average Bonchev–Trinajstić information content (AvgIpc) is 2.97. The fourth-order valence-electron chi connectivity index (χ4n) is 3.73. The lowest BCUT2D eigenvalue weighted by molar-refractivity contribution is -0.123. The summed E-state index contributed by atoms with van der Waals surface area (Å²) in [6.07, 6.45) is 0.221. The first-order valence-corrected chi connectivity index (χ1v) is 9.65. The topological polar surface area (TPSA) is 43.9 Å². The molecule has 2 aromatic rings. The number of anilines is 2. The van der Waals surface area contributed by atoms with Crippen molar-refractivity contribution in [1.29, 1.82) is 0 Å². The molecule has 4 rings (SSSR count). The molecule has 27 heavy (non-hydrogen) atoms. The van der Waals surface area contributed by atoms with Crippen molar-refractivity contribution in [3.05, 3.63) is 58.6 Å². The zero-order valence-corrected chi connectivity index (χ0v) is 16.2. The minimum atomic E-state index is -0.394. The molecule has 0 saturated carbocycles. The molecule has 0 aromatic heterocycles. The van der Waals surface area contributed by atoms with Crippen molar-refractivity contribution in [3.63, 3.8) is 0 Å². The minimum Gasteiger partial charge on any atom is -0.369 e. The molecule has 1 atom stereocenters. The van der Waals surface area contributed by atoms with Gasteiger partial charge in [0.05, 0.1) is 18.2 Å². The number of carbonyl (C=O) groups is 2. The largest absolute Gasteiger partial charge is 0.369 e. The summed E-state index contributed by atoms with van der Waals surface area (Å²) in [6.45, 7) is 3.04. The second kappa shape index (κ2) is 7.50. The lowest BCUT2D eigenvalue weighted by atomic mass is 10.1.